The van der Waals surface area contributed by atoms with Gasteiger partial charge in [0.25, 0.3) is 0 Å². The van der Waals surface area contributed by atoms with E-state index in [-0.39, 0.29) is 12.1 Å². The minimum Gasteiger partial charge on any atom is -0.461 e. The molecule has 30 heavy (non-hydrogen) atoms. The molecule has 0 unspecified atom stereocenters. The van der Waals surface area contributed by atoms with Crippen molar-refractivity contribution >= 4 is 22.9 Å². The van der Waals surface area contributed by atoms with Crippen molar-refractivity contribution in [3.8, 4) is 11.6 Å². The summed E-state index contributed by atoms with van der Waals surface area (Å²) in [6, 6.07) is 13.5. The minimum absolute atomic E-state index is 0.0792. The molecule has 1 atom stereocenters. The molecule has 1 fully saturated rings. The lowest BCUT2D eigenvalue weighted by molar-refractivity contribution is 0.221. The van der Waals surface area contributed by atoms with E-state index in [9.17, 15) is 4.79 Å². The van der Waals surface area contributed by atoms with E-state index in [1.165, 1.54) is 5.56 Å². The number of carbonyl (C=O) groups excluding carboxylic acids is 1. The molecule has 0 saturated carbocycles. The van der Waals surface area contributed by atoms with Crippen molar-refractivity contribution < 1.29 is 9.21 Å². The monoisotopic (exact) mass is 401 g/mol. The maximum Gasteiger partial charge on any atom is 0.321 e. The van der Waals surface area contributed by atoms with Crippen molar-refractivity contribution in [2.45, 2.75) is 26.3 Å². The van der Waals surface area contributed by atoms with Crippen molar-refractivity contribution in [2.75, 3.05) is 18.4 Å². The lowest BCUT2D eigenvalue weighted by Crippen LogP contribution is -2.33. The van der Waals surface area contributed by atoms with E-state index in [1.807, 2.05) is 54.3 Å². The van der Waals surface area contributed by atoms with Gasteiger partial charge in [0.15, 0.2) is 17.2 Å². The van der Waals surface area contributed by atoms with Crippen LogP contribution in [0.15, 0.2) is 59.3 Å². The molecule has 1 aliphatic heterocycles. The number of aromatic nitrogens is 3. The first-order valence-corrected chi connectivity index (χ1v) is 10.1. The standard InChI is InChI=1S/C23H23N5O2/c1-15-7-8-17(13-16(15)2)25-23(29)27-11-9-18(14-27)28-21-19(5-3-10-24-21)26-22(28)20-6-4-12-30-20/h3-8,10,12-13,18H,9,11,14H2,1-2H3,(H,25,29)/t18-/m0/s1. The third-order valence-corrected chi connectivity index (χ3v) is 5.76. The van der Waals surface area contributed by atoms with Crippen LogP contribution in [0.2, 0.25) is 0 Å². The van der Waals surface area contributed by atoms with Crippen LogP contribution in [0.4, 0.5) is 10.5 Å². The Morgan fingerprint density at radius 1 is 1.17 bits per heavy atom. The molecule has 2 amide bonds. The SMILES string of the molecule is Cc1ccc(NC(=O)N2CC[C@H](n3c(-c4ccco4)nc4cccnc43)C2)cc1C. The molecular weight excluding hydrogens is 378 g/mol. The average molecular weight is 401 g/mol. The second kappa shape index (κ2) is 7.33. The number of nitrogens with zero attached hydrogens (tertiary/aromatic N) is 4. The number of carbonyl (C=O) groups is 1. The van der Waals surface area contributed by atoms with Gasteiger partial charge in [0.05, 0.1) is 12.3 Å². The van der Waals surface area contributed by atoms with Gasteiger partial charge in [0, 0.05) is 25.0 Å². The smallest absolute Gasteiger partial charge is 0.321 e. The number of hydrogen-bond donors (Lipinski definition) is 1. The van der Waals surface area contributed by atoms with Crippen LogP contribution in [0.1, 0.15) is 23.6 Å². The average Bonchev–Trinajstić information content (AvgIpc) is 3.49. The van der Waals surface area contributed by atoms with Crippen molar-refractivity contribution in [2.24, 2.45) is 0 Å². The zero-order valence-corrected chi connectivity index (χ0v) is 17.0. The van der Waals surface area contributed by atoms with Gasteiger partial charge >= 0.3 is 6.03 Å². The van der Waals surface area contributed by atoms with Crippen molar-refractivity contribution in [1.82, 2.24) is 19.4 Å². The second-order valence-corrected chi connectivity index (χ2v) is 7.75. The van der Waals surface area contributed by atoms with E-state index < -0.39 is 0 Å². The van der Waals surface area contributed by atoms with Crippen LogP contribution < -0.4 is 5.32 Å². The maximum atomic E-state index is 12.9. The molecule has 1 aromatic carbocycles. The highest BCUT2D eigenvalue weighted by atomic mass is 16.3. The van der Waals surface area contributed by atoms with Crippen LogP contribution in [0.25, 0.3) is 22.7 Å². The van der Waals surface area contributed by atoms with E-state index in [0.717, 1.165) is 34.7 Å². The first kappa shape index (κ1) is 18.4. The maximum absolute atomic E-state index is 12.9. The molecule has 5 rings (SSSR count). The number of rotatable bonds is 3. The summed E-state index contributed by atoms with van der Waals surface area (Å²) in [4.78, 5) is 24.0. The van der Waals surface area contributed by atoms with Crippen molar-refractivity contribution in [3.63, 3.8) is 0 Å². The van der Waals surface area contributed by atoms with Crippen LogP contribution in [-0.2, 0) is 0 Å². The highest BCUT2D eigenvalue weighted by Gasteiger charge is 2.31. The Bertz CT molecular complexity index is 1210. The Kier molecular flexibility index (Phi) is 4.50. The predicted octanol–water partition coefficient (Wildman–Crippen LogP) is 4.79. The van der Waals surface area contributed by atoms with Gasteiger partial charge in [0.2, 0.25) is 0 Å². The van der Waals surface area contributed by atoms with E-state index >= 15 is 0 Å². The molecule has 0 spiro atoms. The first-order valence-electron chi connectivity index (χ1n) is 10.1. The summed E-state index contributed by atoms with van der Waals surface area (Å²) in [5.41, 5.74) is 4.81. The van der Waals surface area contributed by atoms with Crippen molar-refractivity contribution in [1.29, 1.82) is 0 Å². The van der Waals surface area contributed by atoms with Gasteiger partial charge in [-0.3, -0.25) is 0 Å². The molecular formula is C23H23N5O2. The molecule has 1 aliphatic rings. The molecule has 0 radical (unpaired) electrons. The number of urea groups is 1. The Morgan fingerprint density at radius 3 is 2.87 bits per heavy atom. The van der Waals surface area contributed by atoms with Crippen LogP contribution in [-0.4, -0.2) is 38.6 Å². The van der Waals surface area contributed by atoms with E-state index in [0.29, 0.717) is 18.8 Å². The van der Waals surface area contributed by atoms with Gasteiger partial charge in [0.1, 0.15) is 5.52 Å². The Hall–Kier alpha value is -3.61. The summed E-state index contributed by atoms with van der Waals surface area (Å²) in [5.74, 6) is 1.45. The molecule has 4 heterocycles. The van der Waals surface area contributed by atoms with E-state index in [1.54, 1.807) is 12.5 Å². The molecule has 3 aromatic heterocycles. The second-order valence-electron chi connectivity index (χ2n) is 7.75. The Balaban J connectivity index is 1.40. The molecule has 0 bridgehead atoms. The van der Waals surface area contributed by atoms with E-state index in [4.69, 9.17) is 9.40 Å². The summed E-state index contributed by atoms with van der Waals surface area (Å²) >= 11 is 0. The van der Waals surface area contributed by atoms with Crippen LogP contribution in [0, 0.1) is 13.8 Å². The number of pyridine rings is 1. The van der Waals surface area contributed by atoms with Crippen LogP contribution >= 0.6 is 0 Å². The van der Waals surface area contributed by atoms with Gasteiger partial charge < -0.3 is 19.2 Å². The van der Waals surface area contributed by atoms with Gasteiger partial charge in [-0.15, -0.1) is 0 Å². The van der Waals surface area contributed by atoms with Gasteiger partial charge in [-0.05, 0) is 67.8 Å². The molecule has 7 nitrogen and oxygen atoms in total. The van der Waals surface area contributed by atoms with Gasteiger partial charge in [-0.25, -0.2) is 14.8 Å². The largest absolute Gasteiger partial charge is 0.461 e. The van der Waals surface area contributed by atoms with E-state index in [2.05, 4.69) is 21.8 Å². The molecule has 1 N–H and O–H groups in total. The first-order chi connectivity index (χ1) is 14.6. The topological polar surface area (TPSA) is 76.2 Å². The normalized spacial score (nSPS) is 16.3. The van der Waals surface area contributed by atoms with Gasteiger partial charge in [-0.2, -0.15) is 0 Å². The lowest BCUT2D eigenvalue weighted by atomic mass is 10.1. The summed E-state index contributed by atoms with van der Waals surface area (Å²) in [6.45, 7) is 5.37. The fourth-order valence-electron chi connectivity index (χ4n) is 4.01. The number of aryl methyl sites for hydroxylation is 2. The highest BCUT2D eigenvalue weighted by Crippen LogP contribution is 2.32. The molecule has 4 aromatic rings. The zero-order valence-electron chi connectivity index (χ0n) is 17.0. The number of anilines is 1. The number of fused-ring (bicyclic) bond motifs is 1. The summed E-state index contributed by atoms with van der Waals surface area (Å²) in [7, 11) is 0. The number of imidazole rings is 1. The molecule has 152 valence electrons. The lowest BCUT2D eigenvalue weighted by Gasteiger charge is -2.19. The fraction of sp³-hybridized carbons (Fsp3) is 0.261. The number of hydrogen-bond acceptors (Lipinski definition) is 4. The molecule has 0 aliphatic carbocycles. The number of benzene rings is 1. The quantitative estimate of drug-likeness (QED) is 0.536. The van der Waals surface area contributed by atoms with Gasteiger partial charge in [-0.1, -0.05) is 6.07 Å². The summed E-state index contributed by atoms with van der Waals surface area (Å²) in [6.07, 6.45) is 4.24. The predicted molar refractivity (Wildman–Crippen MR) is 115 cm³/mol. The third kappa shape index (κ3) is 3.22. The number of likely N-dealkylation sites (tertiary alicyclic amines) is 1. The molecule has 7 heteroatoms. The minimum atomic E-state index is -0.0855. The number of nitrogens with one attached hydrogen (secondary N) is 1. The Morgan fingerprint density at radius 2 is 2.07 bits per heavy atom. The zero-order chi connectivity index (χ0) is 20.7. The highest BCUT2D eigenvalue weighted by molar-refractivity contribution is 5.89. The number of furan rings is 1. The number of amides is 2. The Labute approximate surface area is 174 Å². The molecule has 1 saturated heterocycles. The van der Waals surface area contributed by atoms with Crippen LogP contribution in [0.5, 0.6) is 0 Å². The summed E-state index contributed by atoms with van der Waals surface area (Å²) < 4.78 is 7.73. The third-order valence-electron chi connectivity index (χ3n) is 5.76. The fourth-order valence-corrected chi connectivity index (χ4v) is 4.01. The van der Waals surface area contributed by atoms with Crippen molar-refractivity contribution in [3.05, 3.63) is 66.1 Å². The summed E-state index contributed by atoms with van der Waals surface area (Å²) in [5, 5.41) is 3.03. The van der Waals surface area contributed by atoms with Crippen LogP contribution in [0.3, 0.4) is 0 Å².